The maximum absolute atomic E-state index is 12.3. The van der Waals surface area contributed by atoms with Gasteiger partial charge >= 0.3 is 5.51 Å². The van der Waals surface area contributed by atoms with Gasteiger partial charge in [0.1, 0.15) is 5.69 Å². The highest BCUT2D eigenvalue weighted by Crippen LogP contribution is 2.36. The third-order valence-electron chi connectivity index (χ3n) is 3.85. The van der Waals surface area contributed by atoms with Crippen LogP contribution >= 0.6 is 23.1 Å². The van der Waals surface area contributed by atoms with Crippen molar-refractivity contribution in [3.63, 3.8) is 0 Å². The molecule has 1 fully saturated rings. The molecule has 1 aromatic carbocycles. The summed E-state index contributed by atoms with van der Waals surface area (Å²) in [7, 11) is 0. The Balaban J connectivity index is 1.47. The van der Waals surface area contributed by atoms with E-state index in [9.17, 15) is 22.8 Å². The number of morpholine rings is 1. The minimum atomic E-state index is -4.35. The van der Waals surface area contributed by atoms with Crippen LogP contribution in [0.25, 0.3) is 6.08 Å². The second kappa shape index (κ2) is 9.96. The van der Waals surface area contributed by atoms with Crippen molar-refractivity contribution in [3.05, 3.63) is 47.0 Å². The van der Waals surface area contributed by atoms with Crippen molar-refractivity contribution in [2.75, 3.05) is 31.2 Å². The summed E-state index contributed by atoms with van der Waals surface area (Å²) in [5, 5.41) is 2.31. The average Bonchev–Trinajstić information content (AvgIpc) is 3.21. The Kier molecular flexibility index (Phi) is 7.34. The second-order valence-corrected chi connectivity index (χ2v) is 7.98. The lowest BCUT2D eigenvalue weighted by Crippen LogP contribution is -2.41. The number of nitrogens with zero attached hydrogens (tertiary/aromatic N) is 2. The number of anilines is 1. The molecule has 2 heterocycles. The van der Waals surface area contributed by atoms with Gasteiger partial charge in [0, 0.05) is 29.4 Å². The fourth-order valence-corrected chi connectivity index (χ4v) is 3.84. The molecule has 2 N–H and O–H groups in total. The number of carbonyl (C=O) groups excluding carboxylic acids is 2. The van der Waals surface area contributed by atoms with Crippen molar-refractivity contribution in [1.82, 2.24) is 15.8 Å². The van der Waals surface area contributed by atoms with Gasteiger partial charge in [0.15, 0.2) is 5.13 Å². The molecule has 1 saturated heterocycles. The zero-order valence-corrected chi connectivity index (χ0v) is 17.1. The first-order chi connectivity index (χ1) is 14.3. The Hall–Kier alpha value is -2.57. The Morgan fingerprint density at radius 1 is 1.17 bits per heavy atom. The topological polar surface area (TPSA) is 83.6 Å². The summed E-state index contributed by atoms with van der Waals surface area (Å²) in [4.78, 5) is 30.3. The average molecular weight is 458 g/mol. The predicted molar refractivity (Wildman–Crippen MR) is 108 cm³/mol. The number of thiazole rings is 1. The van der Waals surface area contributed by atoms with Gasteiger partial charge in [0.05, 0.1) is 13.2 Å². The summed E-state index contributed by atoms with van der Waals surface area (Å²) in [6, 6.07) is 5.54. The molecular formula is C18H17F3N4O3S2. The zero-order chi connectivity index (χ0) is 21.6. The van der Waals surface area contributed by atoms with Crippen LogP contribution in [0.1, 0.15) is 16.1 Å². The van der Waals surface area contributed by atoms with Crippen molar-refractivity contribution in [2.45, 2.75) is 10.4 Å². The van der Waals surface area contributed by atoms with E-state index in [0.717, 1.165) is 6.08 Å². The second-order valence-electron chi connectivity index (χ2n) is 6.01. The normalized spacial score (nSPS) is 14.7. The van der Waals surface area contributed by atoms with Gasteiger partial charge in [0.2, 0.25) is 0 Å². The first-order valence-electron chi connectivity index (χ1n) is 8.72. The SMILES string of the molecule is O=C(/C=C/c1ccc(SC(F)(F)F)cc1)NNC(=O)c1csc(N2CCOCC2)n1. The highest BCUT2D eigenvalue weighted by Gasteiger charge is 2.28. The molecule has 0 bridgehead atoms. The number of hydrazine groups is 1. The third-order valence-corrected chi connectivity index (χ3v) is 5.49. The number of benzene rings is 1. The maximum atomic E-state index is 12.3. The number of rotatable bonds is 5. The van der Waals surface area contributed by atoms with Crippen LogP contribution in [0.2, 0.25) is 0 Å². The molecule has 1 aromatic heterocycles. The van der Waals surface area contributed by atoms with E-state index in [-0.39, 0.29) is 22.4 Å². The standard InChI is InChI=1S/C18H17F3N4O3S2/c19-18(20,21)30-13-4-1-12(2-5-13)3-6-15(26)23-24-16(27)14-11-29-17(22-14)25-7-9-28-10-8-25/h1-6,11H,7-10H2,(H,23,26)(H,24,27)/b6-3+. The molecule has 1 aliphatic rings. The van der Waals surface area contributed by atoms with E-state index in [1.165, 1.54) is 41.7 Å². The molecule has 7 nitrogen and oxygen atoms in total. The number of halogens is 3. The number of carbonyl (C=O) groups is 2. The molecule has 30 heavy (non-hydrogen) atoms. The fraction of sp³-hybridized carbons (Fsp3) is 0.278. The molecule has 0 spiro atoms. The van der Waals surface area contributed by atoms with E-state index in [2.05, 4.69) is 15.8 Å². The predicted octanol–water partition coefficient (Wildman–Crippen LogP) is 3.07. The summed E-state index contributed by atoms with van der Waals surface area (Å²) < 4.78 is 42.2. The molecular weight excluding hydrogens is 441 g/mol. The van der Waals surface area contributed by atoms with E-state index in [0.29, 0.717) is 37.0 Å². The third kappa shape index (κ3) is 6.75. The van der Waals surface area contributed by atoms with E-state index in [1.807, 2.05) is 4.90 Å². The monoisotopic (exact) mass is 458 g/mol. The van der Waals surface area contributed by atoms with Crippen LogP contribution in [0.5, 0.6) is 0 Å². The number of amides is 2. The minimum Gasteiger partial charge on any atom is -0.378 e. The largest absolute Gasteiger partial charge is 0.446 e. The van der Waals surface area contributed by atoms with Crippen LogP contribution in [-0.4, -0.2) is 48.6 Å². The highest BCUT2D eigenvalue weighted by molar-refractivity contribution is 8.00. The Morgan fingerprint density at radius 2 is 1.87 bits per heavy atom. The first-order valence-corrected chi connectivity index (χ1v) is 10.4. The summed E-state index contributed by atoms with van der Waals surface area (Å²) in [5.74, 6) is -1.15. The van der Waals surface area contributed by atoms with E-state index >= 15 is 0 Å². The molecule has 0 radical (unpaired) electrons. The van der Waals surface area contributed by atoms with Gasteiger partial charge in [0.25, 0.3) is 11.8 Å². The number of thioether (sulfide) groups is 1. The van der Waals surface area contributed by atoms with Crippen molar-refractivity contribution < 1.29 is 27.5 Å². The number of hydrogen-bond acceptors (Lipinski definition) is 7. The van der Waals surface area contributed by atoms with Crippen LogP contribution in [-0.2, 0) is 9.53 Å². The first kappa shape index (κ1) is 22.1. The summed E-state index contributed by atoms with van der Waals surface area (Å²) in [5.41, 5.74) is 0.876. The van der Waals surface area contributed by atoms with Gasteiger partial charge in [-0.3, -0.25) is 20.4 Å². The van der Waals surface area contributed by atoms with Crippen LogP contribution in [0.3, 0.4) is 0 Å². The van der Waals surface area contributed by atoms with Gasteiger partial charge in [-0.25, -0.2) is 4.98 Å². The van der Waals surface area contributed by atoms with Crippen LogP contribution in [0.4, 0.5) is 18.3 Å². The van der Waals surface area contributed by atoms with E-state index in [1.54, 1.807) is 5.38 Å². The number of ether oxygens (including phenoxy) is 1. The molecule has 2 aromatic rings. The van der Waals surface area contributed by atoms with Gasteiger partial charge in [-0.15, -0.1) is 11.3 Å². The van der Waals surface area contributed by atoms with Crippen molar-refractivity contribution in [2.24, 2.45) is 0 Å². The van der Waals surface area contributed by atoms with Gasteiger partial charge in [-0.2, -0.15) is 13.2 Å². The Bertz CT molecular complexity index is 910. The molecule has 2 amide bonds. The summed E-state index contributed by atoms with van der Waals surface area (Å²) in [6.07, 6.45) is 2.58. The Labute approximate surface area is 178 Å². The number of aromatic nitrogens is 1. The molecule has 160 valence electrons. The quantitative estimate of drug-likeness (QED) is 0.407. The fourth-order valence-electron chi connectivity index (χ4n) is 2.45. The number of alkyl halides is 3. The van der Waals surface area contributed by atoms with E-state index < -0.39 is 17.3 Å². The van der Waals surface area contributed by atoms with Crippen molar-refractivity contribution in [1.29, 1.82) is 0 Å². The molecule has 0 atom stereocenters. The van der Waals surface area contributed by atoms with Crippen molar-refractivity contribution >= 4 is 46.1 Å². The van der Waals surface area contributed by atoms with Crippen LogP contribution < -0.4 is 15.8 Å². The molecule has 3 rings (SSSR count). The van der Waals surface area contributed by atoms with Crippen LogP contribution in [0.15, 0.2) is 40.6 Å². The van der Waals surface area contributed by atoms with Gasteiger partial charge in [-0.1, -0.05) is 12.1 Å². The molecule has 1 aliphatic heterocycles. The molecule has 12 heteroatoms. The maximum Gasteiger partial charge on any atom is 0.446 e. The van der Waals surface area contributed by atoms with Crippen LogP contribution in [0, 0.1) is 0 Å². The lowest BCUT2D eigenvalue weighted by atomic mass is 10.2. The number of hydrogen-bond donors (Lipinski definition) is 2. The lowest BCUT2D eigenvalue weighted by Gasteiger charge is -2.25. The minimum absolute atomic E-state index is 0.0519. The van der Waals surface area contributed by atoms with Gasteiger partial charge < -0.3 is 9.64 Å². The molecule has 0 aliphatic carbocycles. The van der Waals surface area contributed by atoms with Gasteiger partial charge in [-0.05, 0) is 35.5 Å². The molecule has 0 unspecified atom stereocenters. The highest BCUT2D eigenvalue weighted by atomic mass is 32.2. The smallest absolute Gasteiger partial charge is 0.378 e. The van der Waals surface area contributed by atoms with Crippen molar-refractivity contribution in [3.8, 4) is 0 Å². The number of nitrogens with one attached hydrogen (secondary N) is 2. The summed E-state index contributed by atoms with van der Waals surface area (Å²) >= 11 is 1.12. The Morgan fingerprint density at radius 3 is 2.53 bits per heavy atom. The van der Waals surface area contributed by atoms with E-state index in [4.69, 9.17) is 4.74 Å². The lowest BCUT2D eigenvalue weighted by molar-refractivity contribution is -0.117. The molecule has 0 saturated carbocycles. The zero-order valence-electron chi connectivity index (χ0n) is 15.4. The summed E-state index contributed by atoms with van der Waals surface area (Å²) in [6.45, 7) is 2.61.